The molecule has 0 amide bonds. The Balaban J connectivity index is 1.31. The summed E-state index contributed by atoms with van der Waals surface area (Å²) in [5.74, 6) is 0. The first-order chi connectivity index (χ1) is 18.3. The number of rotatable bonds is 2. The molecule has 6 aromatic carbocycles. The summed E-state index contributed by atoms with van der Waals surface area (Å²) in [5.41, 5.74) is 6.73. The van der Waals surface area contributed by atoms with Crippen LogP contribution < -0.4 is 0 Å². The van der Waals surface area contributed by atoms with E-state index in [0.717, 1.165) is 21.8 Å². The zero-order chi connectivity index (χ0) is 24.3. The Labute approximate surface area is 217 Å². The Morgan fingerprint density at radius 1 is 0.378 bits per heavy atom. The Kier molecular flexibility index (Phi) is 4.42. The van der Waals surface area contributed by atoms with Crippen molar-refractivity contribution in [3.8, 4) is 22.3 Å². The summed E-state index contributed by atoms with van der Waals surface area (Å²) in [7, 11) is 0. The molecule has 0 aliphatic rings. The molecular weight excluding hydrogens is 468 g/mol. The third kappa shape index (κ3) is 3.18. The van der Waals surface area contributed by atoms with Gasteiger partial charge in [0.05, 0.1) is 11.0 Å². The highest BCUT2D eigenvalue weighted by atomic mass is 32.1. The minimum atomic E-state index is 0.948. The van der Waals surface area contributed by atoms with Gasteiger partial charge in [-0.15, -0.1) is 11.3 Å². The molecule has 0 unspecified atom stereocenters. The normalized spacial score (nSPS) is 11.8. The molecule has 2 heterocycles. The van der Waals surface area contributed by atoms with Gasteiger partial charge in [0.2, 0.25) is 0 Å². The van der Waals surface area contributed by atoms with E-state index in [2.05, 4.69) is 109 Å². The van der Waals surface area contributed by atoms with Gasteiger partial charge in [0.1, 0.15) is 0 Å². The molecule has 37 heavy (non-hydrogen) atoms. The number of benzene rings is 6. The van der Waals surface area contributed by atoms with E-state index in [-0.39, 0.29) is 0 Å². The van der Waals surface area contributed by atoms with Crippen LogP contribution in [0.15, 0.2) is 122 Å². The van der Waals surface area contributed by atoms with E-state index in [1.165, 1.54) is 53.2 Å². The van der Waals surface area contributed by atoms with Gasteiger partial charge in [0.25, 0.3) is 0 Å². The Morgan fingerprint density at radius 3 is 1.76 bits per heavy atom. The minimum Gasteiger partial charge on any atom is -0.252 e. The SMILES string of the molecule is c1cc(-c2ccc3sc4ccccc4c3c2)cc(-c2ccc3c4ccccc4c4nccnc4c3c2)c1. The first-order valence-corrected chi connectivity index (χ1v) is 13.2. The van der Waals surface area contributed by atoms with Crippen molar-refractivity contribution in [3.05, 3.63) is 122 Å². The molecule has 8 aromatic rings. The van der Waals surface area contributed by atoms with Gasteiger partial charge in [-0.2, -0.15) is 0 Å². The summed E-state index contributed by atoms with van der Waals surface area (Å²) < 4.78 is 2.67. The number of hydrogen-bond donors (Lipinski definition) is 0. The average Bonchev–Trinajstić information content (AvgIpc) is 3.35. The molecule has 0 radical (unpaired) electrons. The lowest BCUT2D eigenvalue weighted by atomic mass is 9.94. The lowest BCUT2D eigenvalue weighted by Gasteiger charge is -2.11. The predicted octanol–water partition coefficient (Wildman–Crippen LogP) is 9.64. The summed E-state index contributed by atoms with van der Waals surface area (Å²) >= 11 is 1.86. The third-order valence-corrected chi connectivity index (χ3v) is 8.50. The fourth-order valence-electron chi connectivity index (χ4n) is 5.60. The van der Waals surface area contributed by atoms with Crippen molar-refractivity contribution >= 4 is 64.1 Å². The number of nitrogens with zero attached hydrogens (tertiary/aromatic N) is 2. The lowest BCUT2D eigenvalue weighted by Crippen LogP contribution is -1.89. The van der Waals surface area contributed by atoms with E-state index in [1.807, 2.05) is 11.3 Å². The molecular formula is C34H20N2S. The maximum absolute atomic E-state index is 4.75. The molecule has 0 atom stereocenters. The zero-order valence-electron chi connectivity index (χ0n) is 19.8. The maximum Gasteiger partial charge on any atom is 0.0971 e. The highest BCUT2D eigenvalue weighted by Gasteiger charge is 2.12. The summed E-state index contributed by atoms with van der Waals surface area (Å²) in [4.78, 5) is 9.44. The first-order valence-electron chi connectivity index (χ1n) is 12.4. The minimum absolute atomic E-state index is 0.948. The van der Waals surface area contributed by atoms with Crippen molar-refractivity contribution in [2.24, 2.45) is 0 Å². The summed E-state index contributed by atoms with van der Waals surface area (Å²) in [6.45, 7) is 0. The van der Waals surface area contributed by atoms with Crippen LogP contribution in [0.4, 0.5) is 0 Å². The molecule has 0 saturated heterocycles. The molecule has 0 aliphatic heterocycles. The first kappa shape index (κ1) is 20.6. The van der Waals surface area contributed by atoms with Crippen molar-refractivity contribution < 1.29 is 0 Å². The standard InChI is InChI=1S/C34H20N2S/c1-2-10-28-25(8-1)26-14-12-23(20-30(26)34-33(28)35-16-17-36-34)21-6-5-7-22(18-21)24-13-15-32-29(19-24)27-9-3-4-11-31(27)37-32/h1-20H. The number of fused-ring (bicyclic) bond motifs is 9. The third-order valence-electron chi connectivity index (χ3n) is 7.35. The van der Waals surface area contributed by atoms with Crippen molar-refractivity contribution in [2.75, 3.05) is 0 Å². The van der Waals surface area contributed by atoms with Crippen LogP contribution in [0, 0.1) is 0 Å². The van der Waals surface area contributed by atoms with Gasteiger partial charge in [-0.3, -0.25) is 9.97 Å². The Bertz CT molecular complexity index is 2120. The molecule has 3 heteroatoms. The topological polar surface area (TPSA) is 25.8 Å². The van der Waals surface area contributed by atoms with Gasteiger partial charge in [-0.25, -0.2) is 0 Å². The van der Waals surface area contributed by atoms with Crippen LogP contribution in [0.25, 0.3) is 75.0 Å². The van der Waals surface area contributed by atoms with Gasteiger partial charge in [-0.1, -0.05) is 78.9 Å². The van der Waals surface area contributed by atoms with E-state index in [9.17, 15) is 0 Å². The van der Waals surface area contributed by atoms with Crippen LogP contribution in [-0.4, -0.2) is 9.97 Å². The second kappa shape index (κ2) is 7.95. The van der Waals surface area contributed by atoms with Gasteiger partial charge in [0, 0.05) is 43.3 Å². The van der Waals surface area contributed by atoms with Gasteiger partial charge in [0.15, 0.2) is 0 Å². The number of thiophene rings is 1. The summed E-state index contributed by atoms with van der Waals surface area (Å²) in [6, 6.07) is 39.6. The molecule has 8 rings (SSSR count). The molecule has 0 aliphatic carbocycles. The molecule has 2 aromatic heterocycles. The monoisotopic (exact) mass is 488 g/mol. The summed E-state index contributed by atoms with van der Waals surface area (Å²) in [6.07, 6.45) is 3.57. The van der Waals surface area contributed by atoms with Crippen molar-refractivity contribution in [2.45, 2.75) is 0 Å². The maximum atomic E-state index is 4.75. The molecule has 0 fully saturated rings. The molecule has 2 nitrogen and oxygen atoms in total. The highest BCUT2D eigenvalue weighted by Crippen LogP contribution is 2.38. The van der Waals surface area contributed by atoms with Crippen LogP contribution in [0.1, 0.15) is 0 Å². The molecule has 0 saturated carbocycles. The van der Waals surface area contributed by atoms with Crippen LogP contribution in [0.2, 0.25) is 0 Å². The second-order valence-electron chi connectivity index (χ2n) is 9.45. The van der Waals surface area contributed by atoms with Crippen LogP contribution >= 0.6 is 11.3 Å². The molecule has 0 bridgehead atoms. The largest absolute Gasteiger partial charge is 0.252 e. The highest BCUT2D eigenvalue weighted by molar-refractivity contribution is 7.25. The Morgan fingerprint density at radius 2 is 0.946 bits per heavy atom. The quantitative estimate of drug-likeness (QED) is 0.226. The van der Waals surface area contributed by atoms with Gasteiger partial charge in [-0.05, 0) is 63.4 Å². The van der Waals surface area contributed by atoms with Gasteiger partial charge >= 0.3 is 0 Å². The molecule has 172 valence electrons. The average molecular weight is 489 g/mol. The second-order valence-corrected chi connectivity index (χ2v) is 10.5. The fraction of sp³-hybridized carbons (Fsp3) is 0. The smallest absolute Gasteiger partial charge is 0.0971 e. The van der Waals surface area contributed by atoms with Crippen molar-refractivity contribution in [1.82, 2.24) is 9.97 Å². The van der Waals surface area contributed by atoms with E-state index < -0.39 is 0 Å². The van der Waals surface area contributed by atoms with Crippen molar-refractivity contribution in [1.29, 1.82) is 0 Å². The van der Waals surface area contributed by atoms with Crippen molar-refractivity contribution in [3.63, 3.8) is 0 Å². The van der Waals surface area contributed by atoms with E-state index in [4.69, 9.17) is 9.97 Å². The predicted molar refractivity (Wildman–Crippen MR) is 158 cm³/mol. The van der Waals surface area contributed by atoms with E-state index in [1.54, 1.807) is 12.4 Å². The van der Waals surface area contributed by atoms with E-state index >= 15 is 0 Å². The molecule has 0 spiro atoms. The van der Waals surface area contributed by atoms with Crippen LogP contribution in [-0.2, 0) is 0 Å². The zero-order valence-corrected chi connectivity index (χ0v) is 20.7. The number of aromatic nitrogens is 2. The molecule has 0 N–H and O–H groups in total. The fourth-order valence-corrected chi connectivity index (χ4v) is 6.68. The summed E-state index contributed by atoms with van der Waals surface area (Å²) in [5, 5.41) is 7.35. The van der Waals surface area contributed by atoms with Gasteiger partial charge < -0.3 is 0 Å². The van der Waals surface area contributed by atoms with Crippen LogP contribution in [0.5, 0.6) is 0 Å². The van der Waals surface area contributed by atoms with E-state index in [0.29, 0.717) is 0 Å². The Hall–Kier alpha value is -4.60. The lowest BCUT2D eigenvalue weighted by molar-refractivity contribution is 1.31. The number of hydrogen-bond acceptors (Lipinski definition) is 3. The van der Waals surface area contributed by atoms with Crippen LogP contribution in [0.3, 0.4) is 0 Å².